The molecule has 2 heteroatoms. The van der Waals surface area contributed by atoms with Crippen molar-refractivity contribution >= 4 is 11.6 Å². The van der Waals surface area contributed by atoms with Crippen molar-refractivity contribution in [1.29, 1.82) is 0 Å². The summed E-state index contributed by atoms with van der Waals surface area (Å²) in [6.07, 6.45) is 8.65. The fourth-order valence-corrected chi connectivity index (χ4v) is 3.76. The van der Waals surface area contributed by atoms with Gasteiger partial charge in [-0.3, -0.25) is 4.90 Å². The van der Waals surface area contributed by atoms with E-state index in [9.17, 15) is 0 Å². The highest BCUT2D eigenvalue weighted by molar-refractivity contribution is 6.18. The Kier molecular flexibility index (Phi) is 4.33. The lowest BCUT2D eigenvalue weighted by atomic mass is 9.89. The van der Waals surface area contributed by atoms with Crippen LogP contribution in [0.3, 0.4) is 0 Å². The van der Waals surface area contributed by atoms with Gasteiger partial charge in [0.1, 0.15) is 0 Å². The molecule has 1 aliphatic carbocycles. The van der Waals surface area contributed by atoms with Crippen molar-refractivity contribution in [2.45, 2.75) is 51.5 Å². The van der Waals surface area contributed by atoms with Gasteiger partial charge in [0.15, 0.2) is 0 Å². The van der Waals surface area contributed by atoms with Crippen LogP contribution in [0, 0.1) is 11.8 Å². The minimum atomic E-state index is 0.661. The molecule has 15 heavy (non-hydrogen) atoms. The van der Waals surface area contributed by atoms with E-state index in [0.29, 0.717) is 6.04 Å². The van der Waals surface area contributed by atoms with Gasteiger partial charge in [0, 0.05) is 18.5 Å². The van der Waals surface area contributed by atoms with E-state index < -0.39 is 0 Å². The van der Waals surface area contributed by atoms with Crippen LogP contribution in [0.1, 0.15) is 45.4 Å². The largest absolute Gasteiger partial charge is 0.299 e. The van der Waals surface area contributed by atoms with Crippen molar-refractivity contribution < 1.29 is 0 Å². The lowest BCUT2D eigenvalue weighted by Crippen LogP contribution is -2.37. The van der Waals surface area contributed by atoms with Crippen LogP contribution in [0.4, 0.5) is 0 Å². The highest BCUT2D eigenvalue weighted by atomic mass is 35.5. The quantitative estimate of drug-likeness (QED) is 0.670. The van der Waals surface area contributed by atoms with E-state index in [1.165, 1.54) is 51.6 Å². The third-order valence-electron chi connectivity index (χ3n) is 4.37. The topological polar surface area (TPSA) is 3.24 Å². The Morgan fingerprint density at radius 1 is 1.13 bits per heavy atom. The Morgan fingerprint density at radius 2 is 1.87 bits per heavy atom. The highest BCUT2D eigenvalue weighted by Crippen LogP contribution is 2.30. The van der Waals surface area contributed by atoms with Gasteiger partial charge in [-0.25, -0.2) is 0 Å². The number of halogens is 1. The van der Waals surface area contributed by atoms with Crippen LogP contribution < -0.4 is 0 Å². The summed E-state index contributed by atoms with van der Waals surface area (Å²) in [5.74, 6) is 2.61. The Morgan fingerprint density at radius 3 is 2.53 bits per heavy atom. The maximum absolute atomic E-state index is 6.07. The summed E-state index contributed by atoms with van der Waals surface area (Å²) in [6.45, 7) is 4.96. The van der Waals surface area contributed by atoms with E-state index in [-0.39, 0.29) is 0 Å². The molecule has 88 valence electrons. The van der Waals surface area contributed by atoms with Crippen LogP contribution in [0.5, 0.6) is 0 Å². The first-order chi connectivity index (χ1) is 7.31. The molecule has 1 saturated heterocycles. The third kappa shape index (κ3) is 2.88. The van der Waals surface area contributed by atoms with E-state index in [1.807, 2.05) is 0 Å². The lowest BCUT2D eigenvalue weighted by molar-refractivity contribution is 0.186. The Hall–Kier alpha value is 0.250. The fourth-order valence-electron chi connectivity index (χ4n) is 3.27. The highest BCUT2D eigenvalue weighted by Gasteiger charge is 2.31. The molecule has 2 atom stereocenters. The van der Waals surface area contributed by atoms with Crippen molar-refractivity contribution in [2.24, 2.45) is 11.8 Å². The summed E-state index contributed by atoms with van der Waals surface area (Å²) in [5.41, 5.74) is 0. The molecule has 1 nitrogen and oxygen atoms in total. The molecule has 2 aliphatic rings. The Balaban J connectivity index is 1.82. The number of alkyl halides is 1. The van der Waals surface area contributed by atoms with Gasteiger partial charge in [-0.2, -0.15) is 0 Å². The summed E-state index contributed by atoms with van der Waals surface area (Å²) in [7, 11) is 0. The molecule has 0 amide bonds. The van der Waals surface area contributed by atoms with Gasteiger partial charge in [-0.1, -0.05) is 26.2 Å². The van der Waals surface area contributed by atoms with Gasteiger partial charge in [-0.15, -0.1) is 11.6 Å². The van der Waals surface area contributed by atoms with Gasteiger partial charge < -0.3 is 0 Å². The van der Waals surface area contributed by atoms with Crippen LogP contribution in [0.2, 0.25) is 0 Å². The van der Waals surface area contributed by atoms with E-state index in [1.54, 1.807) is 0 Å². The van der Waals surface area contributed by atoms with Gasteiger partial charge in [0.25, 0.3) is 0 Å². The third-order valence-corrected chi connectivity index (χ3v) is 4.69. The first-order valence-electron chi connectivity index (χ1n) is 6.61. The molecule has 0 spiro atoms. The first kappa shape index (κ1) is 11.7. The molecule has 0 aromatic carbocycles. The van der Waals surface area contributed by atoms with Crippen LogP contribution in [-0.2, 0) is 0 Å². The van der Waals surface area contributed by atoms with Crippen molar-refractivity contribution in [3.63, 3.8) is 0 Å². The van der Waals surface area contributed by atoms with Gasteiger partial charge >= 0.3 is 0 Å². The molecule has 1 aliphatic heterocycles. The van der Waals surface area contributed by atoms with E-state index in [0.717, 1.165) is 17.7 Å². The molecule has 0 radical (unpaired) electrons. The van der Waals surface area contributed by atoms with Crippen LogP contribution >= 0.6 is 11.6 Å². The molecule has 1 heterocycles. The number of nitrogens with zero attached hydrogens (tertiary/aromatic N) is 1. The minimum Gasteiger partial charge on any atom is -0.299 e. The lowest BCUT2D eigenvalue weighted by Gasteiger charge is -2.31. The zero-order valence-electron chi connectivity index (χ0n) is 9.92. The molecule has 0 bridgehead atoms. The standard InChI is InChI=1S/C13H24ClN/c1-11-7-8-15(13(11)9-14)10-12-5-3-2-4-6-12/h11-13H,2-10H2,1H3. The Labute approximate surface area is 99.2 Å². The summed E-state index contributed by atoms with van der Waals surface area (Å²) in [5, 5.41) is 0. The molecule has 2 rings (SSSR count). The predicted molar refractivity (Wildman–Crippen MR) is 66.4 cm³/mol. The zero-order valence-corrected chi connectivity index (χ0v) is 10.7. The molecule has 2 fully saturated rings. The summed E-state index contributed by atoms with van der Waals surface area (Å²) >= 11 is 6.07. The number of rotatable bonds is 3. The monoisotopic (exact) mass is 229 g/mol. The van der Waals surface area contributed by atoms with Gasteiger partial charge in [0.05, 0.1) is 0 Å². The second-order valence-corrected chi connectivity index (χ2v) is 5.80. The van der Waals surface area contributed by atoms with Crippen LogP contribution in [0.25, 0.3) is 0 Å². The maximum Gasteiger partial charge on any atom is 0.0382 e. The van der Waals surface area contributed by atoms with Crippen molar-refractivity contribution in [3.8, 4) is 0 Å². The normalized spacial score (nSPS) is 34.8. The molecule has 0 N–H and O–H groups in total. The summed E-state index contributed by atoms with van der Waals surface area (Å²) in [6, 6.07) is 0.661. The SMILES string of the molecule is CC1CCN(CC2CCCCC2)C1CCl. The second kappa shape index (κ2) is 5.54. The van der Waals surface area contributed by atoms with E-state index in [4.69, 9.17) is 11.6 Å². The average Bonchev–Trinajstić information content (AvgIpc) is 2.61. The number of likely N-dealkylation sites (tertiary alicyclic amines) is 1. The Bertz CT molecular complexity index is 189. The zero-order chi connectivity index (χ0) is 10.7. The van der Waals surface area contributed by atoms with Crippen LogP contribution in [-0.4, -0.2) is 29.9 Å². The molecule has 1 saturated carbocycles. The smallest absolute Gasteiger partial charge is 0.0382 e. The van der Waals surface area contributed by atoms with Crippen molar-refractivity contribution in [1.82, 2.24) is 4.90 Å². The van der Waals surface area contributed by atoms with E-state index >= 15 is 0 Å². The molecule has 0 aromatic rings. The molecular weight excluding hydrogens is 206 g/mol. The molecule has 0 aromatic heterocycles. The molecule has 2 unspecified atom stereocenters. The summed E-state index contributed by atoms with van der Waals surface area (Å²) < 4.78 is 0. The second-order valence-electron chi connectivity index (χ2n) is 5.49. The fraction of sp³-hybridized carbons (Fsp3) is 1.00. The average molecular weight is 230 g/mol. The number of hydrogen-bond donors (Lipinski definition) is 0. The van der Waals surface area contributed by atoms with Gasteiger partial charge in [0.2, 0.25) is 0 Å². The minimum absolute atomic E-state index is 0.661. The predicted octanol–water partition coefficient (Wildman–Crippen LogP) is 3.52. The van der Waals surface area contributed by atoms with Crippen LogP contribution in [0.15, 0.2) is 0 Å². The van der Waals surface area contributed by atoms with Crippen molar-refractivity contribution in [2.75, 3.05) is 19.0 Å². The number of hydrogen-bond acceptors (Lipinski definition) is 1. The van der Waals surface area contributed by atoms with E-state index in [2.05, 4.69) is 11.8 Å². The molecular formula is C13H24ClN. The summed E-state index contributed by atoms with van der Waals surface area (Å²) in [4.78, 5) is 2.66. The maximum atomic E-state index is 6.07. The van der Waals surface area contributed by atoms with Crippen molar-refractivity contribution in [3.05, 3.63) is 0 Å². The first-order valence-corrected chi connectivity index (χ1v) is 7.14. The van der Waals surface area contributed by atoms with Gasteiger partial charge in [-0.05, 0) is 37.6 Å².